The van der Waals surface area contributed by atoms with Crippen LogP contribution in [0.2, 0.25) is 0 Å². The van der Waals surface area contributed by atoms with Crippen molar-refractivity contribution in [2.24, 2.45) is 9.98 Å². The number of hydrogen-bond donors (Lipinski definition) is 0. The first-order valence-electron chi connectivity index (χ1n) is 6.11. The predicted octanol–water partition coefficient (Wildman–Crippen LogP) is 3.46. The monoisotopic (exact) mass is 248 g/mol. The highest BCUT2D eigenvalue weighted by Gasteiger charge is 2.22. The highest BCUT2D eigenvalue weighted by molar-refractivity contribution is 6.40. The molecule has 0 saturated carbocycles. The topological polar surface area (TPSA) is 41.8 Å². The second-order valence-corrected chi connectivity index (χ2v) is 4.33. The zero-order valence-electron chi connectivity index (χ0n) is 10.2. The number of amides is 2. The van der Waals surface area contributed by atoms with Gasteiger partial charge >= 0.3 is 6.03 Å². The molecule has 0 N–H and O–H groups in total. The second kappa shape index (κ2) is 4.98. The van der Waals surface area contributed by atoms with Gasteiger partial charge in [-0.1, -0.05) is 60.7 Å². The minimum Gasteiger partial charge on any atom is -0.244 e. The van der Waals surface area contributed by atoms with Gasteiger partial charge < -0.3 is 0 Å². The molecule has 0 aliphatic carbocycles. The number of nitrogens with zero attached hydrogens (tertiary/aromatic N) is 2. The summed E-state index contributed by atoms with van der Waals surface area (Å²) in [6, 6.07) is 19.6. The van der Waals surface area contributed by atoms with Gasteiger partial charge in [0.2, 0.25) is 0 Å². The van der Waals surface area contributed by atoms with E-state index in [2.05, 4.69) is 9.98 Å². The molecule has 0 atom stereocenters. The SMILES string of the molecule is O=C1N=CC(C(c2ccccc2)c2ccccc2)=N1. The van der Waals surface area contributed by atoms with Crippen molar-refractivity contribution in [3.8, 4) is 0 Å². The van der Waals surface area contributed by atoms with Crippen molar-refractivity contribution < 1.29 is 4.79 Å². The van der Waals surface area contributed by atoms with Crippen LogP contribution in [0.15, 0.2) is 70.6 Å². The highest BCUT2D eigenvalue weighted by Crippen LogP contribution is 2.26. The third-order valence-electron chi connectivity index (χ3n) is 3.09. The van der Waals surface area contributed by atoms with Crippen molar-refractivity contribution >= 4 is 18.0 Å². The first kappa shape index (κ1) is 11.5. The van der Waals surface area contributed by atoms with Gasteiger partial charge in [0.1, 0.15) is 0 Å². The molecule has 0 aromatic heterocycles. The third-order valence-corrected chi connectivity index (χ3v) is 3.09. The molecular weight excluding hydrogens is 236 g/mol. The summed E-state index contributed by atoms with van der Waals surface area (Å²) in [5.41, 5.74) is 2.91. The van der Waals surface area contributed by atoms with Gasteiger partial charge in [-0.25, -0.2) is 4.79 Å². The largest absolute Gasteiger partial charge is 0.367 e. The summed E-state index contributed by atoms with van der Waals surface area (Å²) in [5, 5.41) is 0. The number of urea groups is 1. The summed E-state index contributed by atoms with van der Waals surface area (Å²) in [6.45, 7) is 0. The minimum atomic E-state index is -0.424. The van der Waals surface area contributed by atoms with Crippen molar-refractivity contribution in [1.82, 2.24) is 0 Å². The first-order chi connectivity index (χ1) is 9.34. The molecule has 3 heteroatoms. The maximum absolute atomic E-state index is 11.2. The summed E-state index contributed by atoms with van der Waals surface area (Å²) < 4.78 is 0. The second-order valence-electron chi connectivity index (χ2n) is 4.33. The molecule has 0 unspecified atom stereocenters. The Labute approximate surface area is 111 Å². The van der Waals surface area contributed by atoms with E-state index >= 15 is 0 Å². The average molecular weight is 248 g/mol. The van der Waals surface area contributed by atoms with E-state index in [4.69, 9.17) is 0 Å². The van der Waals surface area contributed by atoms with E-state index in [1.165, 1.54) is 0 Å². The molecule has 2 aromatic carbocycles. The molecular formula is C16H12N2O. The van der Waals surface area contributed by atoms with Crippen LogP contribution in [0.4, 0.5) is 4.79 Å². The van der Waals surface area contributed by atoms with Crippen LogP contribution < -0.4 is 0 Å². The summed E-state index contributed by atoms with van der Waals surface area (Å²) >= 11 is 0. The van der Waals surface area contributed by atoms with Gasteiger partial charge in [0.15, 0.2) is 0 Å². The lowest BCUT2D eigenvalue weighted by Gasteiger charge is -2.16. The zero-order valence-corrected chi connectivity index (χ0v) is 10.2. The molecule has 1 aliphatic heterocycles. The Morgan fingerprint density at radius 1 is 0.789 bits per heavy atom. The van der Waals surface area contributed by atoms with E-state index < -0.39 is 6.03 Å². The molecule has 3 rings (SSSR count). The molecule has 0 fully saturated rings. The number of rotatable bonds is 3. The molecule has 2 amide bonds. The van der Waals surface area contributed by atoms with Gasteiger partial charge in [0.25, 0.3) is 0 Å². The van der Waals surface area contributed by atoms with Crippen LogP contribution in [0.1, 0.15) is 17.0 Å². The number of carbonyl (C=O) groups is 1. The predicted molar refractivity (Wildman–Crippen MR) is 76.1 cm³/mol. The van der Waals surface area contributed by atoms with E-state index in [0.29, 0.717) is 5.71 Å². The fourth-order valence-corrected chi connectivity index (χ4v) is 2.25. The smallest absolute Gasteiger partial charge is 0.244 e. The van der Waals surface area contributed by atoms with Crippen molar-refractivity contribution in [2.75, 3.05) is 0 Å². The van der Waals surface area contributed by atoms with E-state index in [9.17, 15) is 4.79 Å². The molecule has 0 saturated heterocycles. The van der Waals surface area contributed by atoms with Gasteiger partial charge in [-0.2, -0.15) is 9.98 Å². The maximum atomic E-state index is 11.2. The lowest BCUT2D eigenvalue weighted by atomic mass is 9.87. The van der Waals surface area contributed by atoms with E-state index in [1.807, 2.05) is 60.7 Å². The molecule has 2 aromatic rings. The van der Waals surface area contributed by atoms with Gasteiger partial charge in [0, 0.05) is 0 Å². The van der Waals surface area contributed by atoms with Crippen LogP contribution in [0, 0.1) is 0 Å². The Kier molecular flexibility index (Phi) is 3.02. The molecule has 1 heterocycles. The van der Waals surface area contributed by atoms with Gasteiger partial charge in [0.05, 0.1) is 17.8 Å². The van der Waals surface area contributed by atoms with Crippen LogP contribution in [0.3, 0.4) is 0 Å². The fraction of sp³-hybridized carbons (Fsp3) is 0.0625. The lowest BCUT2D eigenvalue weighted by Crippen LogP contribution is -2.14. The highest BCUT2D eigenvalue weighted by atomic mass is 16.2. The van der Waals surface area contributed by atoms with Gasteiger partial charge in [-0.05, 0) is 11.1 Å². The first-order valence-corrected chi connectivity index (χ1v) is 6.11. The Hall–Kier alpha value is -2.55. The van der Waals surface area contributed by atoms with Crippen LogP contribution >= 0.6 is 0 Å². The Morgan fingerprint density at radius 3 is 1.74 bits per heavy atom. The Bertz CT molecular complexity index is 605. The van der Waals surface area contributed by atoms with E-state index in [0.717, 1.165) is 11.1 Å². The van der Waals surface area contributed by atoms with Crippen LogP contribution in [0.5, 0.6) is 0 Å². The lowest BCUT2D eigenvalue weighted by molar-refractivity contribution is 0.257. The van der Waals surface area contributed by atoms with Gasteiger partial charge in [-0.15, -0.1) is 0 Å². The number of benzene rings is 2. The van der Waals surface area contributed by atoms with Crippen molar-refractivity contribution in [3.05, 3.63) is 71.8 Å². The quantitative estimate of drug-likeness (QED) is 0.820. The van der Waals surface area contributed by atoms with Crippen molar-refractivity contribution in [3.63, 3.8) is 0 Å². The summed E-state index contributed by atoms with van der Waals surface area (Å²) in [6.07, 6.45) is 1.56. The summed E-state index contributed by atoms with van der Waals surface area (Å²) in [4.78, 5) is 19.0. The average Bonchev–Trinajstić information content (AvgIpc) is 2.88. The fourth-order valence-electron chi connectivity index (χ4n) is 2.25. The minimum absolute atomic E-state index is 0.0439. The molecule has 0 radical (unpaired) electrons. The molecule has 19 heavy (non-hydrogen) atoms. The molecule has 0 spiro atoms. The molecule has 1 aliphatic rings. The Balaban J connectivity index is 2.10. The molecule has 92 valence electrons. The maximum Gasteiger partial charge on any atom is 0.367 e. The van der Waals surface area contributed by atoms with Crippen LogP contribution in [-0.4, -0.2) is 18.0 Å². The normalized spacial score (nSPS) is 13.9. The van der Waals surface area contributed by atoms with Crippen molar-refractivity contribution in [2.45, 2.75) is 5.92 Å². The molecule has 3 nitrogen and oxygen atoms in total. The van der Waals surface area contributed by atoms with Crippen molar-refractivity contribution in [1.29, 1.82) is 0 Å². The standard InChI is InChI=1S/C16H12N2O/c19-16-17-11-14(18-16)15(12-7-3-1-4-8-12)13-9-5-2-6-10-13/h1-11,15H. The van der Waals surface area contributed by atoms with E-state index in [1.54, 1.807) is 6.21 Å². The Morgan fingerprint density at radius 2 is 1.32 bits per heavy atom. The van der Waals surface area contributed by atoms with Crippen LogP contribution in [0.25, 0.3) is 0 Å². The number of aliphatic imine (C=N–C) groups is 2. The van der Waals surface area contributed by atoms with Gasteiger partial charge in [-0.3, -0.25) is 0 Å². The zero-order chi connectivity index (χ0) is 13.1. The molecule has 0 bridgehead atoms. The van der Waals surface area contributed by atoms with Crippen LogP contribution in [-0.2, 0) is 0 Å². The van der Waals surface area contributed by atoms with E-state index in [-0.39, 0.29) is 5.92 Å². The number of carbonyl (C=O) groups excluding carboxylic acids is 1. The number of hydrogen-bond acceptors (Lipinski definition) is 1. The summed E-state index contributed by atoms with van der Waals surface area (Å²) in [5.74, 6) is -0.0439. The summed E-state index contributed by atoms with van der Waals surface area (Å²) in [7, 11) is 0. The third kappa shape index (κ3) is 2.36.